The Morgan fingerprint density at radius 1 is 1.08 bits per heavy atom. The van der Waals surface area contributed by atoms with Crippen LogP contribution < -0.4 is 16.0 Å². The van der Waals surface area contributed by atoms with Crippen LogP contribution in [0.2, 0.25) is 0 Å². The van der Waals surface area contributed by atoms with Crippen LogP contribution in [0.5, 0.6) is 0 Å². The molecular weight excluding hydrogens is 314 g/mol. The fourth-order valence-corrected chi connectivity index (χ4v) is 3.71. The summed E-state index contributed by atoms with van der Waals surface area (Å²) < 4.78 is 0. The third-order valence-electron chi connectivity index (χ3n) is 5.43. The smallest absolute Gasteiger partial charge is 0.239 e. The zero-order chi connectivity index (χ0) is 17.9. The summed E-state index contributed by atoms with van der Waals surface area (Å²) in [5.41, 5.74) is 0. The summed E-state index contributed by atoms with van der Waals surface area (Å²) in [5.74, 6) is 1.67. The van der Waals surface area contributed by atoms with E-state index < -0.39 is 0 Å². The lowest BCUT2D eigenvalue weighted by molar-refractivity contribution is -0.120. The van der Waals surface area contributed by atoms with Crippen molar-refractivity contribution in [2.75, 3.05) is 39.8 Å². The van der Waals surface area contributed by atoms with E-state index in [1.165, 1.54) is 45.2 Å². The van der Waals surface area contributed by atoms with Crippen LogP contribution in [0.15, 0.2) is 4.99 Å². The number of aliphatic imine (C=N–C) groups is 1. The quantitative estimate of drug-likeness (QED) is 0.371. The number of hydrogen-bond donors (Lipinski definition) is 3. The highest BCUT2D eigenvalue weighted by Crippen LogP contribution is 2.17. The molecule has 1 amide bonds. The van der Waals surface area contributed by atoms with Gasteiger partial charge in [0.05, 0.1) is 6.54 Å². The van der Waals surface area contributed by atoms with E-state index in [4.69, 9.17) is 0 Å². The lowest BCUT2D eigenvalue weighted by Crippen LogP contribution is -2.46. The lowest BCUT2D eigenvalue weighted by atomic mass is 9.95. The fourth-order valence-electron chi connectivity index (χ4n) is 3.71. The molecule has 1 saturated carbocycles. The summed E-state index contributed by atoms with van der Waals surface area (Å²) in [6.07, 6.45) is 9.76. The van der Waals surface area contributed by atoms with Gasteiger partial charge in [-0.3, -0.25) is 9.79 Å². The Kier molecular flexibility index (Phi) is 9.08. The zero-order valence-corrected chi connectivity index (χ0v) is 16.1. The molecule has 1 aliphatic heterocycles. The van der Waals surface area contributed by atoms with Crippen LogP contribution in [0.25, 0.3) is 0 Å². The molecule has 0 atom stereocenters. The van der Waals surface area contributed by atoms with Crippen molar-refractivity contribution < 1.29 is 4.79 Å². The predicted octanol–water partition coefficient (Wildman–Crippen LogP) is 1.72. The van der Waals surface area contributed by atoms with Crippen molar-refractivity contribution in [3.05, 3.63) is 0 Å². The van der Waals surface area contributed by atoms with Crippen LogP contribution >= 0.6 is 0 Å². The molecule has 144 valence electrons. The van der Waals surface area contributed by atoms with E-state index in [1.54, 1.807) is 7.05 Å². The van der Waals surface area contributed by atoms with Gasteiger partial charge in [-0.1, -0.05) is 26.2 Å². The van der Waals surface area contributed by atoms with E-state index in [0.717, 1.165) is 38.3 Å². The molecule has 0 aromatic heterocycles. The molecule has 1 saturated heterocycles. The number of nitrogens with zero attached hydrogens (tertiary/aromatic N) is 2. The fraction of sp³-hybridized carbons (Fsp3) is 0.895. The first kappa shape index (κ1) is 20.0. The summed E-state index contributed by atoms with van der Waals surface area (Å²) in [6.45, 7) is 7.12. The first-order valence-electron chi connectivity index (χ1n) is 10.1. The lowest BCUT2D eigenvalue weighted by Gasteiger charge is -2.30. The van der Waals surface area contributed by atoms with Gasteiger partial charge in [0.25, 0.3) is 0 Å². The van der Waals surface area contributed by atoms with Crippen molar-refractivity contribution >= 4 is 11.9 Å². The minimum absolute atomic E-state index is 0.0669. The molecule has 0 aromatic rings. The maximum absolute atomic E-state index is 12.0. The minimum Gasteiger partial charge on any atom is -0.356 e. The van der Waals surface area contributed by atoms with Crippen LogP contribution in [0.3, 0.4) is 0 Å². The van der Waals surface area contributed by atoms with Crippen molar-refractivity contribution in [2.45, 2.75) is 64.3 Å². The van der Waals surface area contributed by atoms with E-state index in [2.05, 4.69) is 32.8 Å². The van der Waals surface area contributed by atoms with Crippen molar-refractivity contribution in [1.29, 1.82) is 0 Å². The molecule has 25 heavy (non-hydrogen) atoms. The van der Waals surface area contributed by atoms with Gasteiger partial charge in [-0.2, -0.15) is 0 Å². The van der Waals surface area contributed by atoms with Gasteiger partial charge >= 0.3 is 0 Å². The summed E-state index contributed by atoms with van der Waals surface area (Å²) in [5, 5.41) is 9.55. The molecule has 1 heterocycles. The number of carbonyl (C=O) groups excluding carboxylic acids is 1. The Hall–Kier alpha value is -1.30. The van der Waals surface area contributed by atoms with Crippen LogP contribution in [0.1, 0.15) is 58.3 Å². The van der Waals surface area contributed by atoms with Gasteiger partial charge < -0.3 is 20.9 Å². The number of nitrogens with one attached hydrogen (secondary N) is 3. The van der Waals surface area contributed by atoms with E-state index >= 15 is 0 Å². The number of amides is 1. The van der Waals surface area contributed by atoms with Gasteiger partial charge in [0.1, 0.15) is 0 Å². The maximum Gasteiger partial charge on any atom is 0.239 e. The van der Waals surface area contributed by atoms with Gasteiger partial charge in [-0.15, -0.1) is 0 Å². The molecule has 2 rings (SSSR count). The maximum atomic E-state index is 12.0. The highest BCUT2D eigenvalue weighted by Gasteiger charge is 2.16. The Morgan fingerprint density at radius 2 is 1.80 bits per heavy atom. The predicted molar refractivity (Wildman–Crippen MR) is 104 cm³/mol. The number of guanidine groups is 1. The third-order valence-corrected chi connectivity index (χ3v) is 5.43. The van der Waals surface area contributed by atoms with Crippen LogP contribution in [0, 0.1) is 5.92 Å². The number of hydrogen-bond acceptors (Lipinski definition) is 3. The second-order valence-corrected chi connectivity index (χ2v) is 7.63. The highest BCUT2D eigenvalue weighted by molar-refractivity contribution is 5.86. The second-order valence-electron chi connectivity index (χ2n) is 7.63. The average molecular weight is 352 g/mol. The van der Waals surface area contributed by atoms with E-state index in [-0.39, 0.29) is 5.91 Å². The van der Waals surface area contributed by atoms with Gasteiger partial charge in [0.15, 0.2) is 5.96 Å². The van der Waals surface area contributed by atoms with Crippen LogP contribution in [0.4, 0.5) is 0 Å². The second kappa shape index (κ2) is 11.3. The molecule has 0 radical (unpaired) electrons. The summed E-state index contributed by atoms with van der Waals surface area (Å²) in [6, 6.07) is 0.366. The highest BCUT2D eigenvalue weighted by atomic mass is 16.2. The van der Waals surface area contributed by atoms with Crippen LogP contribution in [-0.4, -0.2) is 62.6 Å². The molecule has 2 fully saturated rings. The largest absolute Gasteiger partial charge is 0.356 e. The van der Waals surface area contributed by atoms with Gasteiger partial charge in [0, 0.05) is 19.6 Å². The molecule has 6 heteroatoms. The van der Waals surface area contributed by atoms with Crippen molar-refractivity contribution in [3.63, 3.8) is 0 Å². The summed E-state index contributed by atoms with van der Waals surface area (Å²) in [4.78, 5) is 18.8. The molecule has 1 aliphatic carbocycles. The first-order chi connectivity index (χ1) is 12.2. The van der Waals surface area contributed by atoms with E-state index in [9.17, 15) is 4.79 Å². The number of carbonyl (C=O) groups is 1. The molecule has 0 bridgehead atoms. The van der Waals surface area contributed by atoms with E-state index in [1.807, 2.05) is 0 Å². The minimum atomic E-state index is 0.0669. The zero-order valence-electron chi connectivity index (χ0n) is 16.1. The third kappa shape index (κ3) is 8.08. The summed E-state index contributed by atoms with van der Waals surface area (Å²) >= 11 is 0. The van der Waals surface area contributed by atoms with Gasteiger partial charge in [-0.05, 0) is 57.7 Å². The molecule has 0 aromatic carbocycles. The molecule has 6 nitrogen and oxygen atoms in total. The van der Waals surface area contributed by atoms with Crippen LogP contribution in [-0.2, 0) is 4.79 Å². The topological polar surface area (TPSA) is 68.8 Å². The van der Waals surface area contributed by atoms with Crippen molar-refractivity contribution in [3.8, 4) is 0 Å². The normalized spacial score (nSPS) is 21.1. The number of likely N-dealkylation sites (tertiary alicyclic amines) is 1. The van der Waals surface area contributed by atoms with Gasteiger partial charge in [0.2, 0.25) is 5.91 Å². The summed E-state index contributed by atoms with van der Waals surface area (Å²) in [7, 11) is 1.75. The average Bonchev–Trinajstić information content (AvgIpc) is 2.63. The first-order valence-corrected chi connectivity index (χ1v) is 10.1. The SMILES string of the molecule is CN=C(NCCCN1CCC(C)CC1)NCC(=O)NC1CCCCC1. The molecule has 0 unspecified atom stereocenters. The number of rotatable bonds is 7. The standard InChI is InChI=1S/C19H37N5O/c1-16-9-13-24(14-10-16)12-6-11-21-19(20-2)22-15-18(25)23-17-7-4-3-5-8-17/h16-17H,3-15H2,1-2H3,(H,23,25)(H2,20,21,22). The van der Waals surface area contributed by atoms with E-state index in [0.29, 0.717) is 18.5 Å². The Morgan fingerprint density at radius 3 is 2.48 bits per heavy atom. The number of piperidine rings is 1. The molecule has 3 N–H and O–H groups in total. The molecule has 0 spiro atoms. The van der Waals surface area contributed by atoms with Crippen molar-refractivity contribution in [1.82, 2.24) is 20.9 Å². The van der Waals surface area contributed by atoms with Gasteiger partial charge in [-0.25, -0.2) is 0 Å². The molecular formula is C19H37N5O. The Labute approximate surface area is 153 Å². The molecule has 2 aliphatic rings. The Balaban J connectivity index is 1.53. The monoisotopic (exact) mass is 351 g/mol. The van der Waals surface area contributed by atoms with Crippen molar-refractivity contribution in [2.24, 2.45) is 10.9 Å². The Bertz CT molecular complexity index is 412.